The number of amides is 2. The van der Waals surface area contributed by atoms with Gasteiger partial charge in [0.2, 0.25) is 0 Å². The number of hydrogen-bond donors (Lipinski definition) is 1. The lowest BCUT2D eigenvalue weighted by Crippen LogP contribution is -2.43. The predicted molar refractivity (Wildman–Crippen MR) is 88.9 cm³/mol. The summed E-state index contributed by atoms with van der Waals surface area (Å²) in [7, 11) is 0. The van der Waals surface area contributed by atoms with Gasteiger partial charge in [-0.25, -0.2) is 9.48 Å². The lowest BCUT2D eigenvalue weighted by atomic mass is 10.2. The second-order valence-corrected chi connectivity index (χ2v) is 5.86. The average Bonchev–Trinajstić information content (AvgIpc) is 2.90. The Kier molecular flexibility index (Phi) is 4.83. The van der Waals surface area contributed by atoms with Crippen LogP contribution in [0.3, 0.4) is 0 Å². The number of nitrogens with one attached hydrogen (secondary N) is 1. The normalized spacial score (nSPS) is 14.8. The number of carbonyl (C=O) groups is 1. The van der Waals surface area contributed by atoms with Crippen LogP contribution in [0.25, 0.3) is 0 Å². The van der Waals surface area contributed by atoms with Gasteiger partial charge in [-0.05, 0) is 18.6 Å². The van der Waals surface area contributed by atoms with Crippen molar-refractivity contribution >= 4 is 23.4 Å². The van der Waals surface area contributed by atoms with Crippen molar-refractivity contribution in [2.24, 2.45) is 0 Å². The Hall–Kier alpha value is -2.05. The molecule has 122 valence electrons. The number of anilines is 1. The molecule has 1 aliphatic rings. The molecule has 0 atom stereocenters. The van der Waals surface area contributed by atoms with Gasteiger partial charge in [0.25, 0.3) is 0 Å². The number of aromatic nitrogens is 2. The SMILES string of the molecule is Cc1cc(NC(=O)N2CCOCC2)n(Cc2ccccc2Cl)n1. The summed E-state index contributed by atoms with van der Waals surface area (Å²) in [5, 5.41) is 8.06. The Labute approximate surface area is 140 Å². The van der Waals surface area contributed by atoms with E-state index in [-0.39, 0.29) is 6.03 Å². The molecule has 1 aliphatic heterocycles. The van der Waals surface area contributed by atoms with E-state index >= 15 is 0 Å². The number of morpholine rings is 1. The Bertz CT molecular complexity index is 695. The molecule has 0 unspecified atom stereocenters. The highest BCUT2D eigenvalue weighted by atomic mass is 35.5. The van der Waals surface area contributed by atoms with E-state index in [0.29, 0.717) is 43.7 Å². The first-order chi connectivity index (χ1) is 11.1. The van der Waals surface area contributed by atoms with Gasteiger partial charge in [0.1, 0.15) is 5.82 Å². The molecule has 1 fully saturated rings. The van der Waals surface area contributed by atoms with Crippen molar-refractivity contribution in [3.8, 4) is 0 Å². The maximum atomic E-state index is 12.3. The third-order valence-electron chi connectivity index (χ3n) is 3.71. The van der Waals surface area contributed by atoms with Gasteiger partial charge in [-0.1, -0.05) is 29.8 Å². The Morgan fingerprint density at radius 3 is 2.83 bits per heavy atom. The van der Waals surface area contributed by atoms with Crippen LogP contribution < -0.4 is 5.32 Å². The number of aryl methyl sites for hydroxylation is 1. The molecule has 0 aliphatic carbocycles. The van der Waals surface area contributed by atoms with Crippen molar-refractivity contribution in [1.29, 1.82) is 0 Å². The monoisotopic (exact) mass is 334 g/mol. The first-order valence-electron chi connectivity index (χ1n) is 7.55. The second-order valence-electron chi connectivity index (χ2n) is 5.45. The third kappa shape index (κ3) is 3.83. The number of hydrogen-bond acceptors (Lipinski definition) is 3. The van der Waals surface area contributed by atoms with E-state index in [1.54, 1.807) is 9.58 Å². The van der Waals surface area contributed by atoms with Crippen LogP contribution in [0.1, 0.15) is 11.3 Å². The summed E-state index contributed by atoms with van der Waals surface area (Å²) >= 11 is 6.21. The van der Waals surface area contributed by atoms with Gasteiger partial charge in [-0.15, -0.1) is 0 Å². The van der Waals surface area contributed by atoms with Gasteiger partial charge in [0.05, 0.1) is 25.5 Å². The molecule has 3 rings (SSSR count). The molecule has 1 aromatic heterocycles. The summed E-state index contributed by atoms with van der Waals surface area (Å²) in [4.78, 5) is 14.1. The molecular weight excluding hydrogens is 316 g/mol. The summed E-state index contributed by atoms with van der Waals surface area (Å²) in [6, 6.07) is 9.35. The molecule has 2 heterocycles. The number of carbonyl (C=O) groups excluding carboxylic acids is 1. The molecule has 23 heavy (non-hydrogen) atoms. The van der Waals surface area contributed by atoms with Crippen LogP contribution in [-0.4, -0.2) is 47.0 Å². The molecule has 1 N–H and O–H groups in total. The van der Waals surface area contributed by atoms with Gasteiger partial charge in [-0.3, -0.25) is 5.32 Å². The Balaban J connectivity index is 1.75. The molecule has 7 heteroatoms. The number of ether oxygens (including phenoxy) is 1. The van der Waals surface area contributed by atoms with Crippen molar-refractivity contribution in [1.82, 2.24) is 14.7 Å². The van der Waals surface area contributed by atoms with E-state index in [1.165, 1.54) is 0 Å². The van der Waals surface area contributed by atoms with E-state index in [4.69, 9.17) is 16.3 Å². The summed E-state index contributed by atoms with van der Waals surface area (Å²) in [5.41, 5.74) is 1.80. The standard InChI is InChI=1S/C16H19ClN4O2/c1-12-10-15(18-16(22)20-6-8-23-9-7-20)21(19-12)11-13-4-2-3-5-14(13)17/h2-5,10H,6-9,11H2,1H3,(H,18,22). The van der Waals surface area contributed by atoms with E-state index in [9.17, 15) is 4.79 Å². The van der Waals surface area contributed by atoms with Crippen LogP contribution in [0.2, 0.25) is 5.02 Å². The first-order valence-corrected chi connectivity index (χ1v) is 7.93. The lowest BCUT2D eigenvalue weighted by molar-refractivity contribution is 0.0564. The molecule has 1 aromatic carbocycles. The molecule has 2 aromatic rings. The largest absolute Gasteiger partial charge is 0.378 e. The zero-order chi connectivity index (χ0) is 16.2. The topological polar surface area (TPSA) is 59.4 Å². The Morgan fingerprint density at radius 2 is 2.09 bits per heavy atom. The van der Waals surface area contributed by atoms with Crippen molar-refractivity contribution < 1.29 is 9.53 Å². The minimum absolute atomic E-state index is 0.131. The summed E-state index contributed by atoms with van der Waals surface area (Å²) in [5.74, 6) is 0.666. The third-order valence-corrected chi connectivity index (χ3v) is 4.08. The second kappa shape index (κ2) is 7.02. The summed E-state index contributed by atoms with van der Waals surface area (Å²) in [6.07, 6.45) is 0. The van der Waals surface area contributed by atoms with E-state index < -0.39 is 0 Å². The highest BCUT2D eigenvalue weighted by molar-refractivity contribution is 6.31. The van der Waals surface area contributed by atoms with Crippen LogP contribution in [-0.2, 0) is 11.3 Å². The fraction of sp³-hybridized carbons (Fsp3) is 0.375. The number of benzene rings is 1. The van der Waals surface area contributed by atoms with Crippen molar-refractivity contribution in [3.05, 3.63) is 46.6 Å². The molecule has 0 radical (unpaired) electrons. The molecule has 1 saturated heterocycles. The van der Waals surface area contributed by atoms with Crippen molar-refractivity contribution in [2.45, 2.75) is 13.5 Å². The number of halogens is 1. The van der Waals surface area contributed by atoms with Gasteiger partial charge < -0.3 is 9.64 Å². The maximum absolute atomic E-state index is 12.3. The molecule has 0 spiro atoms. The average molecular weight is 335 g/mol. The van der Waals surface area contributed by atoms with E-state index in [0.717, 1.165) is 11.3 Å². The smallest absolute Gasteiger partial charge is 0.323 e. The number of rotatable bonds is 3. The van der Waals surface area contributed by atoms with Crippen molar-refractivity contribution in [2.75, 3.05) is 31.6 Å². The van der Waals surface area contributed by atoms with E-state index in [2.05, 4.69) is 10.4 Å². The fourth-order valence-corrected chi connectivity index (χ4v) is 2.71. The van der Waals surface area contributed by atoms with Crippen LogP contribution >= 0.6 is 11.6 Å². The van der Waals surface area contributed by atoms with Crippen LogP contribution in [0, 0.1) is 6.92 Å². The van der Waals surface area contributed by atoms with Crippen LogP contribution in [0.5, 0.6) is 0 Å². The first kappa shape index (κ1) is 15.8. The Morgan fingerprint density at radius 1 is 1.35 bits per heavy atom. The van der Waals surface area contributed by atoms with Crippen LogP contribution in [0.4, 0.5) is 10.6 Å². The molecule has 0 bridgehead atoms. The number of urea groups is 1. The highest BCUT2D eigenvalue weighted by Gasteiger charge is 2.18. The predicted octanol–water partition coefficient (Wildman–Crippen LogP) is 2.76. The van der Waals surface area contributed by atoms with Gasteiger partial charge >= 0.3 is 6.03 Å². The van der Waals surface area contributed by atoms with Gasteiger partial charge in [-0.2, -0.15) is 5.10 Å². The maximum Gasteiger partial charge on any atom is 0.323 e. The van der Waals surface area contributed by atoms with Crippen LogP contribution in [0.15, 0.2) is 30.3 Å². The zero-order valence-electron chi connectivity index (χ0n) is 13.0. The fourth-order valence-electron chi connectivity index (χ4n) is 2.51. The molecule has 0 saturated carbocycles. The highest BCUT2D eigenvalue weighted by Crippen LogP contribution is 2.19. The van der Waals surface area contributed by atoms with E-state index in [1.807, 2.05) is 37.3 Å². The molecular formula is C16H19ClN4O2. The summed E-state index contributed by atoms with van der Waals surface area (Å²) < 4.78 is 7.03. The quantitative estimate of drug-likeness (QED) is 0.939. The van der Waals surface area contributed by atoms with Gasteiger partial charge in [0.15, 0.2) is 0 Å². The van der Waals surface area contributed by atoms with Gasteiger partial charge in [0, 0.05) is 24.2 Å². The zero-order valence-corrected chi connectivity index (χ0v) is 13.7. The minimum atomic E-state index is -0.131. The molecule has 2 amide bonds. The lowest BCUT2D eigenvalue weighted by Gasteiger charge is -2.27. The molecule has 6 nitrogen and oxygen atoms in total. The minimum Gasteiger partial charge on any atom is -0.378 e. The van der Waals surface area contributed by atoms with Crippen molar-refractivity contribution in [3.63, 3.8) is 0 Å². The number of nitrogens with zero attached hydrogens (tertiary/aromatic N) is 3. The summed E-state index contributed by atoms with van der Waals surface area (Å²) in [6.45, 7) is 4.75.